The highest BCUT2D eigenvalue weighted by Crippen LogP contribution is 2.20. The minimum atomic E-state index is -0.00122. The predicted octanol–water partition coefficient (Wildman–Crippen LogP) is 1.97. The molecule has 0 saturated heterocycles. The third-order valence-electron chi connectivity index (χ3n) is 5.75. The van der Waals surface area contributed by atoms with Crippen molar-refractivity contribution in [1.29, 1.82) is 0 Å². The summed E-state index contributed by atoms with van der Waals surface area (Å²) in [5, 5.41) is 0. The number of aromatic amines is 2. The Hall–Kier alpha value is -2.67. The summed E-state index contributed by atoms with van der Waals surface area (Å²) >= 11 is 0. The first-order chi connectivity index (χ1) is 13.4. The van der Waals surface area contributed by atoms with Crippen LogP contribution in [-0.4, -0.2) is 58.6 Å². The van der Waals surface area contributed by atoms with E-state index >= 15 is 0 Å². The van der Waals surface area contributed by atoms with Gasteiger partial charge in [-0.2, -0.15) is 0 Å². The molecule has 0 unspecified atom stereocenters. The van der Waals surface area contributed by atoms with Crippen LogP contribution in [0.15, 0.2) is 16.9 Å². The highest BCUT2D eigenvalue weighted by molar-refractivity contribution is 5.79. The second-order valence-electron chi connectivity index (χ2n) is 7.89. The average Bonchev–Trinajstić information content (AvgIpc) is 2.97. The minimum Gasteiger partial charge on any atom is -0.348 e. The number of hydrogen-bond donors (Lipinski definition) is 2. The first-order valence-corrected chi connectivity index (χ1v) is 9.89. The van der Waals surface area contributed by atoms with Gasteiger partial charge in [0.05, 0.1) is 16.7 Å². The predicted molar refractivity (Wildman–Crippen MR) is 112 cm³/mol. The highest BCUT2D eigenvalue weighted by atomic mass is 16.1. The summed E-state index contributed by atoms with van der Waals surface area (Å²) in [6, 6.07) is 4.25. The van der Waals surface area contributed by atoms with E-state index in [1.54, 1.807) is 0 Å². The highest BCUT2D eigenvalue weighted by Gasteiger charge is 2.19. The zero-order valence-electron chi connectivity index (χ0n) is 17.1. The molecule has 0 atom stereocenters. The lowest BCUT2D eigenvalue weighted by Crippen LogP contribution is -2.29. The summed E-state index contributed by atoms with van der Waals surface area (Å²) in [7, 11) is 3.79. The van der Waals surface area contributed by atoms with Crippen molar-refractivity contribution >= 4 is 17.0 Å². The Balaban J connectivity index is 1.45. The molecule has 0 radical (unpaired) electrons. The zero-order chi connectivity index (χ0) is 19.8. The Labute approximate surface area is 164 Å². The van der Waals surface area contributed by atoms with Gasteiger partial charge in [0.25, 0.3) is 5.56 Å². The summed E-state index contributed by atoms with van der Waals surface area (Å²) < 4.78 is 0. The van der Waals surface area contributed by atoms with Gasteiger partial charge in [-0.25, -0.2) is 9.97 Å². The number of H-pyrrole nitrogens is 2. The fourth-order valence-corrected chi connectivity index (χ4v) is 3.82. The van der Waals surface area contributed by atoms with Crippen molar-refractivity contribution in [2.75, 3.05) is 38.6 Å². The SMILES string of the molecule is Cc1ccc2[nH]c(CCN3CCc4nc(N(C)C)[nH]c(=O)c4CC3)nc2c1C. The Morgan fingerprint density at radius 2 is 1.89 bits per heavy atom. The lowest BCUT2D eigenvalue weighted by atomic mass is 10.1. The monoisotopic (exact) mass is 380 g/mol. The molecule has 0 bridgehead atoms. The molecule has 4 rings (SSSR count). The van der Waals surface area contributed by atoms with E-state index in [2.05, 4.69) is 45.8 Å². The zero-order valence-corrected chi connectivity index (χ0v) is 17.1. The second-order valence-corrected chi connectivity index (χ2v) is 7.89. The number of aryl methyl sites for hydroxylation is 2. The maximum absolute atomic E-state index is 12.4. The van der Waals surface area contributed by atoms with Gasteiger partial charge in [0.1, 0.15) is 5.82 Å². The lowest BCUT2D eigenvalue weighted by molar-refractivity contribution is 0.289. The molecule has 0 spiro atoms. The Bertz CT molecular complexity index is 1060. The third-order valence-corrected chi connectivity index (χ3v) is 5.75. The van der Waals surface area contributed by atoms with Gasteiger partial charge in [-0.15, -0.1) is 0 Å². The first kappa shape index (κ1) is 18.7. The number of nitrogens with zero attached hydrogens (tertiary/aromatic N) is 4. The molecule has 7 nitrogen and oxygen atoms in total. The number of fused-ring (bicyclic) bond motifs is 2. The summed E-state index contributed by atoms with van der Waals surface area (Å²) in [5.74, 6) is 1.65. The summed E-state index contributed by atoms with van der Waals surface area (Å²) in [6.07, 6.45) is 2.42. The number of imidazole rings is 1. The maximum atomic E-state index is 12.4. The molecule has 1 aliphatic heterocycles. The standard InChI is InChI=1S/C21H28N6O/c1-13-5-6-17-19(14(13)2)24-18(22-17)9-12-27-10-7-15-16(8-11-27)23-21(26(3)4)25-20(15)28/h5-6H,7-12H2,1-4H3,(H,22,24)(H,23,25,28). The van der Waals surface area contributed by atoms with Crippen molar-refractivity contribution in [3.05, 3.63) is 50.7 Å². The fourth-order valence-electron chi connectivity index (χ4n) is 3.82. The molecule has 1 aliphatic rings. The largest absolute Gasteiger partial charge is 0.348 e. The molecule has 0 amide bonds. The third kappa shape index (κ3) is 3.54. The number of benzene rings is 1. The van der Waals surface area contributed by atoms with Crippen molar-refractivity contribution in [2.45, 2.75) is 33.1 Å². The van der Waals surface area contributed by atoms with Crippen LogP contribution < -0.4 is 10.5 Å². The Morgan fingerprint density at radius 3 is 2.68 bits per heavy atom. The van der Waals surface area contributed by atoms with Crippen molar-refractivity contribution in [3.63, 3.8) is 0 Å². The van der Waals surface area contributed by atoms with Crippen LogP contribution in [0.1, 0.15) is 28.2 Å². The van der Waals surface area contributed by atoms with Gasteiger partial charge in [-0.3, -0.25) is 9.78 Å². The minimum absolute atomic E-state index is 0.00122. The maximum Gasteiger partial charge on any atom is 0.255 e. The molecule has 2 aromatic heterocycles. The summed E-state index contributed by atoms with van der Waals surface area (Å²) in [5.41, 5.74) is 6.46. The van der Waals surface area contributed by atoms with Gasteiger partial charge in [-0.05, 0) is 37.5 Å². The van der Waals surface area contributed by atoms with Crippen molar-refractivity contribution in [2.24, 2.45) is 0 Å². The number of rotatable bonds is 4. The van der Waals surface area contributed by atoms with Crippen LogP contribution in [0.4, 0.5) is 5.95 Å². The molecule has 2 N–H and O–H groups in total. The molecule has 0 aliphatic carbocycles. The number of anilines is 1. The van der Waals surface area contributed by atoms with E-state index in [4.69, 9.17) is 4.98 Å². The molecule has 148 valence electrons. The van der Waals surface area contributed by atoms with Gasteiger partial charge >= 0.3 is 0 Å². The normalized spacial score (nSPS) is 14.9. The fraction of sp³-hybridized carbons (Fsp3) is 0.476. The summed E-state index contributed by atoms with van der Waals surface area (Å²) in [6.45, 7) is 6.95. The first-order valence-electron chi connectivity index (χ1n) is 9.89. The Morgan fingerprint density at radius 1 is 1.11 bits per heavy atom. The molecule has 7 heteroatoms. The summed E-state index contributed by atoms with van der Waals surface area (Å²) in [4.78, 5) is 32.5. The molecule has 28 heavy (non-hydrogen) atoms. The van der Waals surface area contributed by atoms with Crippen LogP contribution >= 0.6 is 0 Å². The number of aromatic nitrogens is 4. The van der Waals surface area contributed by atoms with Gasteiger partial charge in [0, 0.05) is 52.1 Å². The van der Waals surface area contributed by atoms with E-state index < -0.39 is 0 Å². The molecule has 0 fully saturated rings. The van der Waals surface area contributed by atoms with Crippen LogP contribution in [-0.2, 0) is 19.3 Å². The molecule has 3 heterocycles. The van der Waals surface area contributed by atoms with Crippen molar-refractivity contribution in [1.82, 2.24) is 24.8 Å². The van der Waals surface area contributed by atoms with Crippen LogP contribution in [0.2, 0.25) is 0 Å². The van der Waals surface area contributed by atoms with Gasteiger partial charge in [-0.1, -0.05) is 6.07 Å². The molecule has 3 aromatic rings. The van der Waals surface area contributed by atoms with Crippen LogP contribution in [0.3, 0.4) is 0 Å². The van der Waals surface area contributed by atoms with E-state index in [9.17, 15) is 4.79 Å². The van der Waals surface area contributed by atoms with E-state index in [1.807, 2.05) is 19.0 Å². The smallest absolute Gasteiger partial charge is 0.255 e. The average molecular weight is 380 g/mol. The van der Waals surface area contributed by atoms with E-state index in [0.717, 1.165) is 67.0 Å². The molecular weight excluding hydrogens is 352 g/mol. The Kier molecular flexibility index (Phi) is 4.93. The van der Waals surface area contributed by atoms with Crippen LogP contribution in [0.5, 0.6) is 0 Å². The molecular formula is C21H28N6O. The second kappa shape index (κ2) is 7.39. The van der Waals surface area contributed by atoms with Gasteiger partial charge in [0.15, 0.2) is 0 Å². The van der Waals surface area contributed by atoms with Crippen LogP contribution in [0.25, 0.3) is 11.0 Å². The van der Waals surface area contributed by atoms with E-state index in [-0.39, 0.29) is 5.56 Å². The van der Waals surface area contributed by atoms with Crippen molar-refractivity contribution in [3.8, 4) is 0 Å². The van der Waals surface area contributed by atoms with E-state index in [1.165, 1.54) is 11.1 Å². The number of hydrogen-bond acceptors (Lipinski definition) is 5. The molecule has 1 aromatic carbocycles. The van der Waals surface area contributed by atoms with E-state index in [0.29, 0.717) is 5.95 Å². The lowest BCUT2D eigenvalue weighted by Gasteiger charge is -2.18. The quantitative estimate of drug-likeness (QED) is 0.723. The molecule has 0 saturated carbocycles. The van der Waals surface area contributed by atoms with Crippen molar-refractivity contribution < 1.29 is 0 Å². The van der Waals surface area contributed by atoms with Gasteiger partial charge in [0.2, 0.25) is 5.95 Å². The van der Waals surface area contributed by atoms with Crippen LogP contribution in [0, 0.1) is 13.8 Å². The van der Waals surface area contributed by atoms with Gasteiger partial charge < -0.3 is 14.8 Å². The topological polar surface area (TPSA) is 80.9 Å². The number of nitrogens with one attached hydrogen (secondary N) is 2.